The normalized spacial score (nSPS) is 11.5. The molecule has 0 aliphatic heterocycles. The van der Waals surface area contributed by atoms with E-state index in [4.69, 9.17) is 4.52 Å². The van der Waals surface area contributed by atoms with Gasteiger partial charge in [0.1, 0.15) is 5.82 Å². The van der Waals surface area contributed by atoms with Crippen LogP contribution in [0.2, 0.25) is 0 Å². The first kappa shape index (κ1) is 15.0. The number of aromatic nitrogens is 1. The molecule has 1 N–H and O–H groups in total. The third-order valence-electron chi connectivity index (χ3n) is 2.64. The number of carbonyl (C=O) groups is 1. The zero-order chi connectivity index (χ0) is 15.6. The van der Waals surface area contributed by atoms with Crippen LogP contribution in [0.5, 0.6) is 0 Å². The van der Waals surface area contributed by atoms with E-state index in [0.717, 1.165) is 0 Å². The van der Waals surface area contributed by atoms with Crippen molar-refractivity contribution in [3.63, 3.8) is 0 Å². The van der Waals surface area contributed by atoms with Crippen LogP contribution in [0.3, 0.4) is 0 Å². The van der Waals surface area contributed by atoms with Crippen molar-refractivity contribution in [2.75, 3.05) is 0 Å². The molecule has 0 saturated heterocycles. The van der Waals surface area contributed by atoms with Crippen molar-refractivity contribution in [1.82, 2.24) is 10.5 Å². The van der Waals surface area contributed by atoms with E-state index in [2.05, 4.69) is 10.5 Å². The zero-order valence-electron chi connectivity index (χ0n) is 10.8. The van der Waals surface area contributed by atoms with Gasteiger partial charge in [0.2, 0.25) is 0 Å². The lowest BCUT2D eigenvalue weighted by molar-refractivity contribution is -0.137. The highest BCUT2D eigenvalue weighted by atomic mass is 19.4. The molecule has 0 fully saturated rings. The van der Waals surface area contributed by atoms with Gasteiger partial charge in [-0.2, -0.15) is 13.2 Å². The molecular weight excluding hydrogens is 292 g/mol. The largest absolute Gasteiger partial charge is 0.416 e. The van der Waals surface area contributed by atoms with E-state index in [1.807, 2.05) is 0 Å². The number of aryl methyl sites for hydroxylation is 1. The average molecular weight is 302 g/mol. The maximum absolute atomic E-state index is 13.5. The van der Waals surface area contributed by atoms with Crippen molar-refractivity contribution in [1.29, 1.82) is 0 Å². The maximum Gasteiger partial charge on any atom is 0.416 e. The fraction of sp³-hybridized carbons (Fsp3) is 0.231. The standard InChI is InChI=1S/C13H10F4N2O2/c1-7-4-9(21-19-7)6-18-12(20)10-5-8(13(15,16)17)2-3-11(10)14/h2-5H,6H2,1H3,(H,18,20). The Bertz CT molecular complexity index is 664. The number of amides is 1. The van der Waals surface area contributed by atoms with Crippen LogP contribution in [0.25, 0.3) is 0 Å². The highest BCUT2D eigenvalue weighted by molar-refractivity contribution is 5.94. The second kappa shape index (κ2) is 5.55. The predicted molar refractivity (Wildman–Crippen MR) is 63.8 cm³/mol. The van der Waals surface area contributed by atoms with Crippen LogP contribution in [0.4, 0.5) is 17.6 Å². The first-order chi connectivity index (χ1) is 9.77. The van der Waals surface area contributed by atoms with Crippen molar-refractivity contribution in [3.05, 3.63) is 52.7 Å². The van der Waals surface area contributed by atoms with Crippen LogP contribution in [-0.4, -0.2) is 11.1 Å². The van der Waals surface area contributed by atoms with Crippen molar-refractivity contribution in [2.24, 2.45) is 0 Å². The summed E-state index contributed by atoms with van der Waals surface area (Å²) in [5, 5.41) is 5.85. The molecule has 21 heavy (non-hydrogen) atoms. The molecule has 0 radical (unpaired) electrons. The number of nitrogens with one attached hydrogen (secondary N) is 1. The number of alkyl halides is 3. The molecule has 1 aromatic carbocycles. The Morgan fingerprint density at radius 2 is 2.05 bits per heavy atom. The van der Waals surface area contributed by atoms with Crippen LogP contribution in [0.1, 0.15) is 27.4 Å². The van der Waals surface area contributed by atoms with Crippen LogP contribution >= 0.6 is 0 Å². The van der Waals surface area contributed by atoms with Crippen molar-refractivity contribution in [2.45, 2.75) is 19.6 Å². The molecule has 0 saturated carbocycles. The minimum Gasteiger partial charge on any atom is -0.359 e. The number of benzene rings is 1. The molecule has 112 valence electrons. The van der Waals surface area contributed by atoms with E-state index < -0.39 is 29.0 Å². The minimum absolute atomic E-state index is 0.102. The Labute approximate surface area is 116 Å². The van der Waals surface area contributed by atoms with Gasteiger partial charge in [-0.05, 0) is 25.1 Å². The molecule has 0 spiro atoms. The average Bonchev–Trinajstić information content (AvgIpc) is 2.81. The predicted octanol–water partition coefficient (Wildman–Crippen LogP) is 3.07. The zero-order valence-corrected chi connectivity index (χ0v) is 10.8. The molecule has 1 amide bonds. The molecule has 2 rings (SSSR count). The van der Waals surface area contributed by atoms with Gasteiger partial charge in [0, 0.05) is 6.07 Å². The summed E-state index contributed by atoms with van der Waals surface area (Å²) >= 11 is 0. The second-order valence-corrected chi connectivity index (χ2v) is 4.31. The summed E-state index contributed by atoms with van der Waals surface area (Å²) in [6.45, 7) is 1.57. The SMILES string of the molecule is Cc1cc(CNC(=O)c2cc(C(F)(F)F)ccc2F)on1. The summed E-state index contributed by atoms with van der Waals surface area (Å²) in [5.41, 5.74) is -1.19. The molecule has 0 aliphatic rings. The van der Waals surface area contributed by atoms with Gasteiger partial charge in [0.15, 0.2) is 5.76 Å². The Morgan fingerprint density at radius 3 is 2.62 bits per heavy atom. The summed E-state index contributed by atoms with van der Waals surface area (Å²) in [6, 6.07) is 3.20. The van der Waals surface area contributed by atoms with Crippen molar-refractivity contribution in [3.8, 4) is 0 Å². The van der Waals surface area contributed by atoms with E-state index in [1.54, 1.807) is 13.0 Å². The van der Waals surface area contributed by atoms with Crippen LogP contribution < -0.4 is 5.32 Å². The highest BCUT2D eigenvalue weighted by Crippen LogP contribution is 2.30. The number of carbonyl (C=O) groups excluding carboxylic acids is 1. The summed E-state index contributed by atoms with van der Waals surface area (Å²) in [6.07, 6.45) is -4.65. The summed E-state index contributed by atoms with van der Waals surface area (Å²) in [5.74, 6) is -1.69. The van der Waals surface area contributed by atoms with Gasteiger partial charge in [-0.3, -0.25) is 4.79 Å². The van der Waals surface area contributed by atoms with Crippen molar-refractivity contribution >= 4 is 5.91 Å². The lowest BCUT2D eigenvalue weighted by Crippen LogP contribution is -2.24. The molecule has 1 aromatic heterocycles. The van der Waals surface area contributed by atoms with Gasteiger partial charge in [-0.1, -0.05) is 5.16 Å². The van der Waals surface area contributed by atoms with E-state index in [0.29, 0.717) is 29.7 Å². The van der Waals surface area contributed by atoms with Gasteiger partial charge in [0.05, 0.1) is 23.4 Å². The summed E-state index contributed by atoms with van der Waals surface area (Å²) in [4.78, 5) is 11.7. The third kappa shape index (κ3) is 3.59. The number of nitrogens with zero attached hydrogens (tertiary/aromatic N) is 1. The Morgan fingerprint density at radius 1 is 1.33 bits per heavy atom. The van der Waals surface area contributed by atoms with E-state index in [-0.39, 0.29) is 6.54 Å². The quantitative estimate of drug-likeness (QED) is 0.887. The second-order valence-electron chi connectivity index (χ2n) is 4.31. The Kier molecular flexibility index (Phi) is 3.97. The molecule has 4 nitrogen and oxygen atoms in total. The number of hydrogen-bond donors (Lipinski definition) is 1. The molecular formula is C13H10F4N2O2. The topological polar surface area (TPSA) is 55.1 Å². The Balaban J connectivity index is 2.15. The molecule has 0 unspecified atom stereocenters. The fourth-order valence-corrected chi connectivity index (χ4v) is 1.64. The molecule has 2 aromatic rings. The minimum atomic E-state index is -4.65. The fourth-order valence-electron chi connectivity index (χ4n) is 1.64. The van der Waals surface area contributed by atoms with E-state index in [9.17, 15) is 22.4 Å². The third-order valence-corrected chi connectivity index (χ3v) is 2.64. The lowest BCUT2D eigenvalue weighted by Gasteiger charge is -2.09. The van der Waals surface area contributed by atoms with Crippen LogP contribution in [-0.2, 0) is 12.7 Å². The van der Waals surface area contributed by atoms with Gasteiger partial charge in [0.25, 0.3) is 5.91 Å². The van der Waals surface area contributed by atoms with Crippen LogP contribution in [0, 0.1) is 12.7 Å². The first-order valence-corrected chi connectivity index (χ1v) is 5.84. The van der Waals surface area contributed by atoms with Crippen LogP contribution in [0.15, 0.2) is 28.8 Å². The van der Waals surface area contributed by atoms with Gasteiger partial charge < -0.3 is 9.84 Å². The monoisotopic (exact) mass is 302 g/mol. The summed E-state index contributed by atoms with van der Waals surface area (Å²) < 4.78 is 55.9. The molecule has 8 heteroatoms. The number of hydrogen-bond acceptors (Lipinski definition) is 3. The maximum atomic E-state index is 13.5. The molecule has 0 aliphatic carbocycles. The summed E-state index contributed by atoms with van der Waals surface area (Å²) in [7, 11) is 0. The van der Waals surface area contributed by atoms with Gasteiger partial charge in [-0.25, -0.2) is 4.39 Å². The first-order valence-electron chi connectivity index (χ1n) is 5.84. The smallest absolute Gasteiger partial charge is 0.359 e. The molecule has 0 bridgehead atoms. The highest BCUT2D eigenvalue weighted by Gasteiger charge is 2.31. The number of rotatable bonds is 3. The van der Waals surface area contributed by atoms with Gasteiger partial charge in [-0.15, -0.1) is 0 Å². The lowest BCUT2D eigenvalue weighted by atomic mass is 10.1. The Hall–Kier alpha value is -2.38. The van der Waals surface area contributed by atoms with E-state index in [1.165, 1.54) is 0 Å². The van der Waals surface area contributed by atoms with Crippen molar-refractivity contribution < 1.29 is 26.9 Å². The molecule has 0 atom stereocenters. The molecule has 1 heterocycles. The number of halogens is 4. The van der Waals surface area contributed by atoms with Gasteiger partial charge >= 0.3 is 6.18 Å². The van der Waals surface area contributed by atoms with E-state index >= 15 is 0 Å².